The highest BCUT2D eigenvalue weighted by Crippen LogP contribution is 2.32. The van der Waals surface area contributed by atoms with Crippen molar-refractivity contribution in [3.05, 3.63) is 27.0 Å². The van der Waals surface area contributed by atoms with Gasteiger partial charge in [0.2, 0.25) is 0 Å². The number of thiophene rings is 1. The average molecular weight is 385 g/mol. The molecule has 1 atom stereocenters. The van der Waals surface area contributed by atoms with Crippen LogP contribution < -0.4 is 0 Å². The maximum Gasteiger partial charge on any atom is 0.273 e. The van der Waals surface area contributed by atoms with Crippen molar-refractivity contribution in [2.75, 3.05) is 13.1 Å². The van der Waals surface area contributed by atoms with Crippen LogP contribution in [0.25, 0.3) is 9.88 Å². The summed E-state index contributed by atoms with van der Waals surface area (Å²) in [5.41, 5.74) is 0.594. The van der Waals surface area contributed by atoms with Crippen LogP contribution in [0.15, 0.2) is 21.3 Å². The van der Waals surface area contributed by atoms with Crippen LogP contribution in [-0.2, 0) is 0 Å². The van der Waals surface area contributed by atoms with Gasteiger partial charge >= 0.3 is 0 Å². The Balaban J connectivity index is 1.75. The Morgan fingerprint density at radius 3 is 3.05 bits per heavy atom. The zero-order valence-corrected chi connectivity index (χ0v) is 15.1. The van der Waals surface area contributed by atoms with Gasteiger partial charge in [0.15, 0.2) is 0 Å². The van der Waals surface area contributed by atoms with E-state index in [0.717, 1.165) is 40.3 Å². The minimum Gasteiger partial charge on any atom is -0.337 e. The van der Waals surface area contributed by atoms with Crippen LogP contribution in [0.1, 0.15) is 36.7 Å². The van der Waals surface area contributed by atoms with Crippen molar-refractivity contribution in [1.82, 2.24) is 9.88 Å². The summed E-state index contributed by atoms with van der Waals surface area (Å²) < 4.78 is 1.06. The van der Waals surface area contributed by atoms with E-state index in [4.69, 9.17) is 0 Å². The molecule has 0 N–H and O–H groups in total. The molecule has 3 nitrogen and oxygen atoms in total. The maximum absolute atomic E-state index is 12.6. The molecule has 0 aliphatic carbocycles. The molecular formula is C15H17BrN2OS2. The minimum atomic E-state index is 0.0891. The first-order valence-corrected chi connectivity index (χ1v) is 9.71. The summed E-state index contributed by atoms with van der Waals surface area (Å²) in [6.07, 6.45) is 3.50. The highest BCUT2D eigenvalue weighted by Gasteiger charge is 2.25. The normalized spacial score (nSPS) is 19.0. The summed E-state index contributed by atoms with van der Waals surface area (Å²) in [5.74, 6) is 0.736. The molecule has 1 fully saturated rings. The lowest BCUT2D eigenvalue weighted by atomic mass is 9.95. The standard InChI is InChI=1S/C15H17BrN2OS2/c1-2-10-4-3-5-18(7-10)15(19)12-9-21-14(17-12)13-6-11(16)8-20-13/h6,8-10H,2-5,7H2,1H3. The molecule has 0 bridgehead atoms. The van der Waals surface area contributed by atoms with Gasteiger partial charge in [-0.15, -0.1) is 22.7 Å². The largest absolute Gasteiger partial charge is 0.337 e. The number of rotatable bonds is 3. The number of halogens is 1. The lowest BCUT2D eigenvalue weighted by Crippen LogP contribution is -2.39. The second-order valence-electron chi connectivity index (χ2n) is 5.33. The molecule has 6 heteroatoms. The molecule has 2 aromatic rings. The minimum absolute atomic E-state index is 0.0891. The van der Waals surface area contributed by atoms with Crippen molar-refractivity contribution in [1.29, 1.82) is 0 Å². The van der Waals surface area contributed by atoms with E-state index in [1.54, 1.807) is 22.7 Å². The number of nitrogens with zero attached hydrogens (tertiary/aromatic N) is 2. The number of aromatic nitrogens is 1. The Morgan fingerprint density at radius 2 is 2.33 bits per heavy atom. The number of hydrogen-bond acceptors (Lipinski definition) is 4. The van der Waals surface area contributed by atoms with Crippen LogP contribution in [0.2, 0.25) is 0 Å². The SMILES string of the molecule is CCC1CCCN(C(=O)c2csc(-c3cc(Br)cs3)n2)C1. The summed E-state index contributed by atoms with van der Waals surface area (Å²) in [5, 5.41) is 4.85. The maximum atomic E-state index is 12.6. The number of amides is 1. The predicted octanol–water partition coefficient (Wildman–Crippen LogP) is 4.90. The third-order valence-corrected chi connectivity index (χ3v) is 6.59. The number of piperidine rings is 1. The molecule has 1 unspecified atom stereocenters. The lowest BCUT2D eigenvalue weighted by molar-refractivity contribution is 0.0666. The molecule has 112 valence electrons. The fourth-order valence-corrected chi connectivity index (χ4v) is 4.96. The van der Waals surface area contributed by atoms with Crippen LogP contribution in [-0.4, -0.2) is 28.9 Å². The highest BCUT2D eigenvalue weighted by molar-refractivity contribution is 9.10. The predicted molar refractivity (Wildman–Crippen MR) is 92.0 cm³/mol. The molecule has 3 heterocycles. The van der Waals surface area contributed by atoms with Gasteiger partial charge in [0.05, 0.1) is 4.88 Å². The Bertz CT molecular complexity index is 637. The molecule has 0 spiro atoms. The van der Waals surface area contributed by atoms with E-state index in [9.17, 15) is 4.79 Å². The van der Waals surface area contributed by atoms with Crippen molar-refractivity contribution in [3.63, 3.8) is 0 Å². The first kappa shape index (κ1) is 15.2. The van der Waals surface area contributed by atoms with E-state index < -0.39 is 0 Å². The van der Waals surface area contributed by atoms with Gasteiger partial charge in [-0.05, 0) is 40.8 Å². The molecule has 1 amide bonds. The monoisotopic (exact) mass is 384 g/mol. The van der Waals surface area contributed by atoms with E-state index in [0.29, 0.717) is 11.6 Å². The molecule has 2 aromatic heterocycles. The number of hydrogen-bond donors (Lipinski definition) is 0. The van der Waals surface area contributed by atoms with Crippen molar-refractivity contribution < 1.29 is 4.79 Å². The molecule has 1 aliphatic heterocycles. The van der Waals surface area contributed by atoms with Gasteiger partial charge in [-0.25, -0.2) is 4.98 Å². The summed E-state index contributed by atoms with van der Waals surface area (Å²) in [6, 6.07) is 2.05. The van der Waals surface area contributed by atoms with Crippen LogP contribution in [0, 0.1) is 5.92 Å². The van der Waals surface area contributed by atoms with Crippen molar-refractivity contribution in [2.45, 2.75) is 26.2 Å². The van der Waals surface area contributed by atoms with Gasteiger partial charge in [0.25, 0.3) is 5.91 Å². The zero-order chi connectivity index (χ0) is 14.8. The van der Waals surface area contributed by atoms with Crippen LogP contribution in [0.3, 0.4) is 0 Å². The smallest absolute Gasteiger partial charge is 0.273 e. The van der Waals surface area contributed by atoms with E-state index in [2.05, 4.69) is 27.8 Å². The topological polar surface area (TPSA) is 33.2 Å². The summed E-state index contributed by atoms with van der Waals surface area (Å²) in [4.78, 5) is 20.2. The fourth-order valence-electron chi connectivity index (χ4n) is 2.66. The number of carbonyl (C=O) groups excluding carboxylic acids is 1. The quantitative estimate of drug-likeness (QED) is 0.753. The summed E-state index contributed by atoms with van der Waals surface area (Å²) in [7, 11) is 0. The number of thiazole rings is 1. The van der Waals surface area contributed by atoms with Crippen molar-refractivity contribution >= 4 is 44.5 Å². The summed E-state index contributed by atoms with van der Waals surface area (Å²) >= 11 is 6.64. The first-order chi connectivity index (χ1) is 10.2. The van der Waals surface area contributed by atoms with E-state index >= 15 is 0 Å². The van der Waals surface area contributed by atoms with E-state index in [1.165, 1.54) is 6.42 Å². The molecule has 0 radical (unpaired) electrons. The molecule has 1 aliphatic rings. The van der Waals surface area contributed by atoms with Gasteiger partial charge in [-0.1, -0.05) is 13.3 Å². The fraction of sp³-hybridized carbons (Fsp3) is 0.467. The molecule has 1 saturated heterocycles. The second-order valence-corrected chi connectivity index (χ2v) is 8.02. The highest BCUT2D eigenvalue weighted by atomic mass is 79.9. The number of likely N-dealkylation sites (tertiary alicyclic amines) is 1. The van der Waals surface area contributed by atoms with Gasteiger partial charge in [0, 0.05) is 28.3 Å². The Hall–Kier alpha value is -0.720. The molecule has 0 aromatic carbocycles. The van der Waals surface area contributed by atoms with Crippen molar-refractivity contribution in [3.8, 4) is 9.88 Å². The van der Waals surface area contributed by atoms with Gasteiger partial charge in [-0.3, -0.25) is 4.79 Å². The van der Waals surface area contributed by atoms with E-state index in [1.807, 2.05) is 21.7 Å². The van der Waals surface area contributed by atoms with Crippen LogP contribution in [0.5, 0.6) is 0 Å². The zero-order valence-electron chi connectivity index (χ0n) is 11.8. The molecular weight excluding hydrogens is 368 g/mol. The third kappa shape index (κ3) is 3.38. The Labute approximate surface area is 141 Å². The van der Waals surface area contributed by atoms with E-state index in [-0.39, 0.29) is 5.91 Å². The van der Waals surface area contributed by atoms with Crippen molar-refractivity contribution in [2.24, 2.45) is 5.92 Å². The van der Waals surface area contributed by atoms with Crippen LogP contribution in [0.4, 0.5) is 0 Å². The number of carbonyl (C=O) groups is 1. The Kier molecular flexibility index (Phi) is 4.76. The third-order valence-electron chi connectivity index (χ3n) is 3.89. The molecule has 0 saturated carbocycles. The van der Waals surface area contributed by atoms with Gasteiger partial charge < -0.3 is 4.90 Å². The summed E-state index contributed by atoms with van der Waals surface area (Å²) in [6.45, 7) is 3.95. The van der Waals surface area contributed by atoms with Gasteiger partial charge in [-0.2, -0.15) is 0 Å². The lowest BCUT2D eigenvalue weighted by Gasteiger charge is -2.31. The average Bonchev–Trinajstić information content (AvgIpc) is 3.15. The Morgan fingerprint density at radius 1 is 1.48 bits per heavy atom. The molecule has 3 rings (SSSR count). The molecule has 21 heavy (non-hydrogen) atoms. The van der Waals surface area contributed by atoms with Gasteiger partial charge in [0.1, 0.15) is 10.7 Å². The second kappa shape index (κ2) is 6.58. The first-order valence-electron chi connectivity index (χ1n) is 7.16. The van der Waals surface area contributed by atoms with Crippen LogP contribution >= 0.6 is 38.6 Å².